The topological polar surface area (TPSA) is 237 Å². The second kappa shape index (κ2) is 72.8. The van der Waals surface area contributed by atoms with Crippen molar-refractivity contribution in [3.05, 3.63) is 122 Å². The van der Waals surface area contributed by atoms with Crippen molar-refractivity contribution >= 4 is 39.5 Å². The van der Waals surface area contributed by atoms with Gasteiger partial charge in [-0.05, 0) is 128 Å². The van der Waals surface area contributed by atoms with Crippen LogP contribution in [0.2, 0.25) is 0 Å². The molecule has 0 aromatic carbocycles. The number of ether oxygens (including phenoxy) is 4. The number of allylic oxidation sites excluding steroid dienone is 20. The van der Waals surface area contributed by atoms with E-state index in [0.717, 1.165) is 193 Å². The van der Waals surface area contributed by atoms with E-state index in [0.29, 0.717) is 25.7 Å². The Morgan fingerprint density at radius 2 is 0.520 bits per heavy atom. The van der Waals surface area contributed by atoms with Crippen molar-refractivity contribution < 1.29 is 80.2 Å². The summed E-state index contributed by atoms with van der Waals surface area (Å²) in [5.41, 5.74) is 0. The van der Waals surface area contributed by atoms with Crippen molar-refractivity contribution in [2.24, 2.45) is 0 Å². The molecule has 0 radical (unpaired) electrons. The van der Waals surface area contributed by atoms with E-state index >= 15 is 0 Å². The summed E-state index contributed by atoms with van der Waals surface area (Å²) in [4.78, 5) is 72.9. The minimum atomic E-state index is -4.98. The van der Waals surface area contributed by atoms with Crippen LogP contribution >= 0.6 is 15.6 Å². The highest BCUT2D eigenvalue weighted by Gasteiger charge is 2.30. The third-order valence-corrected chi connectivity index (χ3v) is 17.8. The number of carbonyl (C=O) groups excluding carboxylic acids is 4. The number of hydrogen-bond acceptors (Lipinski definition) is 15. The Hall–Kier alpha value is -4.54. The summed E-state index contributed by atoms with van der Waals surface area (Å²) >= 11 is 0. The van der Waals surface area contributed by atoms with Gasteiger partial charge < -0.3 is 33.8 Å². The minimum Gasteiger partial charge on any atom is -0.462 e. The van der Waals surface area contributed by atoms with E-state index in [1.54, 1.807) is 0 Å². The van der Waals surface area contributed by atoms with E-state index in [1.807, 2.05) is 0 Å². The van der Waals surface area contributed by atoms with E-state index in [4.69, 9.17) is 37.0 Å². The number of aliphatic hydroxyl groups is 1. The van der Waals surface area contributed by atoms with Crippen LogP contribution in [0.3, 0.4) is 0 Å². The first-order chi connectivity index (χ1) is 48.7. The fraction of sp³-hybridized carbons (Fsp3) is 0.704. The second-order valence-electron chi connectivity index (χ2n) is 25.5. The molecule has 0 aromatic heterocycles. The van der Waals surface area contributed by atoms with Gasteiger partial charge in [0.1, 0.15) is 19.3 Å². The van der Waals surface area contributed by atoms with Gasteiger partial charge in [-0.15, -0.1) is 0 Å². The number of esters is 4. The van der Waals surface area contributed by atoms with Crippen molar-refractivity contribution in [1.29, 1.82) is 0 Å². The SMILES string of the molecule is CC/C=C\C/C=C\C/C=C\C/C=C\CCCCC(=O)OCC(COP(=O)(O)OCC(O)COP(=O)(O)OCC(COC(=O)CCCCCCCCC/C=C\C/C=C\C/C=C\CC)OC(=O)CCCCCCCCC/C=C\C/C=C\C/C=C\CC)OC(=O)CCCCCCCCCCCCC. The molecule has 3 N–H and O–H groups in total. The quantitative estimate of drug-likeness (QED) is 0.0169. The van der Waals surface area contributed by atoms with Gasteiger partial charge in [0.25, 0.3) is 0 Å². The maximum Gasteiger partial charge on any atom is 0.472 e. The fourth-order valence-electron chi connectivity index (χ4n) is 10.1. The molecule has 17 nitrogen and oxygen atoms in total. The number of unbranched alkanes of at least 4 members (excludes halogenated alkanes) is 26. The molecule has 0 aliphatic rings. The molecule has 5 unspecified atom stereocenters. The van der Waals surface area contributed by atoms with Crippen LogP contribution in [0.15, 0.2) is 122 Å². The molecule has 0 amide bonds. The highest BCUT2D eigenvalue weighted by atomic mass is 31.2. The standard InChI is InChI=1S/C81H138O17P2/c1-5-9-13-17-21-25-29-32-35-37-40-43-47-50-54-58-62-66-79(84)92-72-77(98-81(86)68-64-60-56-52-48-44-41-38-36-33-30-26-22-18-14-10-6-2)74-96-100(89,90)94-70-75(82)69-93-99(87,88)95-73-76(97-80(85)67-63-59-55-51-45-28-24-20-16-12-8-4)71-91-78(83)65-61-57-53-49-46-42-39-34-31-27-23-19-15-11-7-3/h9-11,13-15,21-23,25-27,32-36,39,46,49,75-77,82H,5-8,12,16-20,24,28-31,37-38,40-45,47-48,50-74H2,1-4H3,(H,87,88)(H,89,90)/b13-9-,14-10-,15-11-,25-21-,26-22-,27-23-,35-32-,36-33-,39-34-,49-46-. The summed E-state index contributed by atoms with van der Waals surface area (Å²) in [5, 5.41) is 10.6. The molecule has 0 spiro atoms. The summed E-state index contributed by atoms with van der Waals surface area (Å²) in [6.45, 7) is 4.48. The molecule has 0 rings (SSSR count). The first kappa shape index (κ1) is 95.5. The van der Waals surface area contributed by atoms with E-state index in [1.165, 1.54) is 38.5 Å². The van der Waals surface area contributed by atoms with Gasteiger partial charge in [0, 0.05) is 25.7 Å². The Morgan fingerprint density at radius 3 is 0.820 bits per heavy atom. The van der Waals surface area contributed by atoms with Crippen LogP contribution < -0.4 is 0 Å². The third-order valence-electron chi connectivity index (χ3n) is 15.9. The Balaban J connectivity index is 5.37. The molecule has 0 heterocycles. The highest BCUT2D eigenvalue weighted by molar-refractivity contribution is 7.47. The Morgan fingerprint density at radius 1 is 0.290 bits per heavy atom. The lowest BCUT2D eigenvalue weighted by Gasteiger charge is -2.21. The van der Waals surface area contributed by atoms with Gasteiger partial charge in [-0.25, -0.2) is 9.13 Å². The van der Waals surface area contributed by atoms with Crippen molar-refractivity contribution in [3.8, 4) is 0 Å². The lowest BCUT2D eigenvalue weighted by Crippen LogP contribution is -2.30. The summed E-state index contributed by atoms with van der Waals surface area (Å²) in [6, 6.07) is 0. The van der Waals surface area contributed by atoms with Crippen LogP contribution in [0.25, 0.3) is 0 Å². The molecule has 0 saturated heterocycles. The molecule has 0 fully saturated rings. The number of phosphoric ester groups is 2. The zero-order valence-electron chi connectivity index (χ0n) is 62.6. The Bertz CT molecular complexity index is 2370. The van der Waals surface area contributed by atoms with Crippen LogP contribution in [-0.4, -0.2) is 96.7 Å². The Kier molecular flexibility index (Phi) is 69.5. The van der Waals surface area contributed by atoms with Crippen molar-refractivity contribution in [3.63, 3.8) is 0 Å². The van der Waals surface area contributed by atoms with Crippen LogP contribution in [-0.2, 0) is 65.4 Å². The predicted octanol–water partition coefficient (Wildman–Crippen LogP) is 22.3. The van der Waals surface area contributed by atoms with Crippen LogP contribution in [0, 0.1) is 0 Å². The molecule has 0 aliphatic carbocycles. The first-order valence-electron chi connectivity index (χ1n) is 38.8. The summed E-state index contributed by atoms with van der Waals surface area (Å²) in [6.07, 6.45) is 79.0. The number of rotatable bonds is 72. The van der Waals surface area contributed by atoms with Gasteiger partial charge in [-0.3, -0.25) is 37.3 Å². The van der Waals surface area contributed by atoms with Gasteiger partial charge >= 0.3 is 39.5 Å². The predicted molar refractivity (Wildman–Crippen MR) is 408 cm³/mol. The molecule has 5 atom stereocenters. The molecule has 0 saturated carbocycles. The molecule has 100 heavy (non-hydrogen) atoms. The molecule has 574 valence electrons. The van der Waals surface area contributed by atoms with Crippen molar-refractivity contribution in [1.82, 2.24) is 0 Å². The van der Waals surface area contributed by atoms with E-state index in [9.17, 15) is 43.2 Å². The molecule has 0 aromatic rings. The van der Waals surface area contributed by atoms with Gasteiger partial charge in [0.05, 0.1) is 26.4 Å². The van der Waals surface area contributed by atoms with Crippen molar-refractivity contribution in [2.45, 2.75) is 329 Å². The average Bonchev–Trinajstić information content (AvgIpc) is 1.07. The first-order valence-corrected chi connectivity index (χ1v) is 41.8. The van der Waals surface area contributed by atoms with Gasteiger partial charge in [-0.2, -0.15) is 0 Å². The minimum absolute atomic E-state index is 0.0789. The van der Waals surface area contributed by atoms with E-state index < -0.39 is 97.5 Å². The largest absolute Gasteiger partial charge is 0.472 e. The zero-order chi connectivity index (χ0) is 73.2. The molecule has 19 heteroatoms. The monoisotopic (exact) mass is 1440 g/mol. The molecule has 0 bridgehead atoms. The van der Waals surface area contributed by atoms with E-state index in [2.05, 4.69) is 149 Å². The smallest absolute Gasteiger partial charge is 0.462 e. The summed E-state index contributed by atoms with van der Waals surface area (Å²) in [7, 11) is -9.97. The van der Waals surface area contributed by atoms with E-state index in [-0.39, 0.29) is 25.7 Å². The van der Waals surface area contributed by atoms with Crippen molar-refractivity contribution in [2.75, 3.05) is 39.6 Å². The number of aliphatic hydroxyl groups excluding tert-OH is 1. The Labute approximate surface area is 606 Å². The maximum absolute atomic E-state index is 13.1. The van der Waals surface area contributed by atoms with Gasteiger partial charge in [-0.1, -0.05) is 278 Å². The highest BCUT2D eigenvalue weighted by Crippen LogP contribution is 2.45. The summed E-state index contributed by atoms with van der Waals surface area (Å²) < 4.78 is 68.5. The maximum atomic E-state index is 13.1. The normalized spacial score (nSPS) is 14.6. The molecule has 0 aliphatic heterocycles. The van der Waals surface area contributed by atoms with Crippen LogP contribution in [0.5, 0.6) is 0 Å². The van der Waals surface area contributed by atoms with Gasteiger partial charge in [0.2, 0.25) is 0 Å². The number of carbonyl (C=O) groups is 4. The zero-order valence-corrected chi connectivity index (χ0v) is 64.4. The molecular formula is C81H138O17P2. The lowest BCUT2D eigenvalue weighted by atomic mass is 10.1. The van der Waals surface area contributed by atoms with Crippen LogP contribution in [0.1, 0.15) is 310 Å². The number of hydrogen-bond donors (Lipinski definition) is 3. The third kappa shape index (κ3) is 71.8. The number of phosphoric acid groups is 2. The van der Waals surface area contributed by atoms with Crippen LogP contribution in [0.4, 0.5) is 0 Å². The summed E-state index contributed by atoms with van der Waals surface area (Å²) in [5.74, 6) is -2.24. The second-order valence-corrected chi connectivity index (χ2v) is 28.4. The molecular weight excluding hydrogens is 1310 g/mol. The van der Waals surface area contributed by atoms with Gasteiger partial charge in [0.15, 0.2) is 12.2 Å². The fourth-order valence-corrected chi connectivity index (χ4v) is 11.7. The average molecular weight is 1450 g/mol. The lowest BCUT2D eigenvalue weighted by molar-refractivity contribution is -0.161.